The van der Waals surface area contributed by atoms with Gasteiger partial charge in [-0.3, -0.25) is 20.0 Å². The average Bonchev–Trinajstić information content (AvgIpc) is 2.48. The highest BCUT2D eigenvalue weighted by molar-refractivity contribution is 9.26. The van der Waals surface area contributed by atoms with E-state index in [0.29, 0.717) is 13.0 Å². The molecule has 1 heterocycles. The Morgan fingerprint density at radius 2 is 1.76 bits per heavy atom. The SMILES string of the molecule is CCCN1C(=O)N(Cc2ccccc2)C(=N)C(Br)(Br)C1=O. The van der Waals surface area contributed by atoms with Crippen LogP contribution in [-0.4, -0.2) is 37.4 Å². The maximum atomic E-state index is 12.5. The Hall–Kier alpha value is -1.21. The second kappa shape index (κ2) is 6.27. The summed E-state index contributed by atoms with van der Waals surface area (Å²) in [5.41, 5.74) is 0.900. The molecule has 0 saturated carbocycles. The van der Waals surface area contributed by atoms with Crippen molar-refractivity contribution in [3.05, 3.63) is 35.9 Å². The number of carbonyl (C=O) groups excluding carboxylic acids is 2. The van der Waals surface area contributed by atoms with Crippen LogP contribution < -0.4 is 0 Å². The maximum Gasteiger partial charge on any atom is 0.332 e. The first kappa shape index (κ1) is 16.2. The van der Waals surface area contributed by atoms with Gasteiger partial charge in [-0.25, -0.2) is 4.79 Å². The molecule has 112 valence electrons. The zero-order valence-electron chi connectivity index (χ0n) is 11.5. The summed E-state index contributed by atoms with van der Waals surface area (Å²) in [4.78, 5) is 27.2. The van der Waals surface area contributed by atoms with Crippen molar-refractivity contribution in [2.45, 2.75) is 23.1 Å². The van der Waals surface area contributed by atoms with E-state index in [9.17, 15) is 9.59 Å². The fourth-order valence-electron chi connectivity index (χ4n) is 2.10. The topological polar surface area (TPSA) is 64.5 Å². The Morgan fingerprint density at radius 1 is 1.14 bits per heavy atom. The molecule has 0 radical (unpaired) electrons. The summed E-state index contributed by atoms with van der Waals surface area (Å²) >= 11 is 6.44. The Kier molecular flexibility index (Phi) is 4.83. The number of amides is 3. The molecule has 0 spiro atoms. The first-order chi connectivity index (χ1) is 9.89. The molecule has 7 heteroatoms. The van der Waals surface area contributed by atoms with Crippen molar-refractivity contribution in [3.8, 4) is 0 Å². The van der Waals surface area contributed by atoms with Crippen LogP contribution in [0, 0.1) is 5.41 Å². The molecule has 1 aliphatic rings. The molecule has 1 fully saturated rings. The number of hydrogen-bond acceptors (Lipinski definition) is 3. The normalized spacial score (nSPS) is 18.3. The molecular formula is C14H15Br2N3O2. The van der Waals surface area contributed by atoms with Crippen molar-refractivity contribution < 1.29 is 9.59 Å². The van der Waals surface area contributed by atoms with Gasteiger partial charge in [0, 0.05) is 6.54 Å². The summed E-state index contributed by atoms with van der Waals surface area (Å²) in [7, 11) is 0. The van der Waals surface area contributed by atoms with Crippen molar-refractivity contribution in [3.63, 3.8) is 0 Å². The lowest BCUT2D eigenvalue weighted by atomic mass is 10.1. The third kappa shape index (κ3) is 3.03. The standard InChI is InChI=1S/C14H15Br2N3O2/c1-2-8-18-12(20)14(15,16)11(17)19(13(18)21)9-10-6-4-3-5-7-10/h3-7,17H,2,8-9H2,1H3. The Bertz CT molecular complexity index is 575. The lowest BCUT2D eigenvalue weighted by molar-refractivity contribution is -0.128. The van der Waals surface area contributed by atoms with E-state index in [2.05, 4.69) is 31.9 Å². The second-order valence-corrected chi connectivity index (χ2v) is 8.18. The van der Waals surface area contributed by atoms with Gasteiger partial charge in [-0.05, 0) is 12.0 Å². The summed E-state index contributed by atoms with van der Waals surface area (Å²) in [6.07, 6.45) is 0.667. The number of rotatable bonds is 4. The molecule has 1 N–H and O–H groups in total. The van der Waals surface area contributed by atoms with E-state index in [-0.39, 0.29) is 12.4 Å². The molecule has 2 rings (SSSR count). The van der Waals surface area contributed by atoms with E-state index in [1.807, 2.05) is 37.3 Å². The summed E-state index contributed by atoms with van der Waals surface area (Å²) in [5.74, 6) is -0.558. The molecule has 1 saturated heterocycles. The molecule has 0 bridgehead atoms. The minimum atomic E-state index is -1.35. The summed E-state index contributed by atoms with van der Waals surface area (Å²) in [5, 5.41) is 8.14. The fraction of sp³-hybridized carbons (Fsp3) is 0.357. The number of nitrogens with zero attached hydrogens (tertiary/aromatic N) is 2. The highest BCUT2D eigenvalue weighted by Gasteiger charge is 2.51. The molecule has 1 aliphatic heterocycles. The van der Waals surface area contributed by atoms with Gasteiger partial charge in [-0.15, -0.1) is 0 Å². The quantitative estimate of drug-likeness (QED) is 0.765. The van der Waals surface area contributed by atoms with E-state index in [0.717, 1.165) is 5.56 Å². The fourth-order valence-corrected chi connectivity index (χ4v) is 2.96. The van der Waals surface area contributed by atoms with E-state index in [1.165, 1.54) is 9.80 Å². The lowest BCUT2D eigenvalue weighted by Gasteiger charge is -2.40. The summed E-state index contributed by atoms with van der Waals surface area (Å²) in [6, 6.07) is 8.94. The van der Waals surface area contributed by atoms with Crippen molar-refractivity contribution in [2.75, 3.05) is 6.54 Å². The number of halogens is 2. The molecule has 3 amide bonds. The highest BCUT2D eigenvalue weighted by atomic mass is 79.9. The molecule has 0 aromatic heterocycles. The van der Waals surface area contributed by atoms with Crippen LogP contribution in [0.2, 0.25) is 0 Å². The van der Waals surface area contributed by atoms with Gasteiger partial charge in [0.25, 0.3) is 5.91 Å². The van der Waals surface area contributed by atoms with Crippen molar-refractivity contribution >= 4 is 49.6 Å². The van der Waals surface area contributed by atoms with Gasteiger partial charge in [0.2, 0.25) is 3.23 Å². The van der Waals surface area contributed by atoms with Gasteiger partial charge in [-0.1, -0.05) is 69.1 Å². The number of nitrogens with one attached hydrogen (secondary N) is 1. The van der Waals surface area contributed by atoms with Crippen molar-refractivity contribution in [1.82, 2.24) is 9.80 Å². The molecular weight excluding hydrogens is 402 g/mol. The van der Waals surface area contributed by atoms with Gasteiger partial charge in [-0.2, -0.15) is 0 Å². The first-order valence-electron chi connectivity index (χ1n) is 6.53. The number of hydrogen-bond donors (Lipinski definition) is 1. The second-order valence-electron chi connectivity index (χ2n) is 4.73. The number of alkyl halides is 2. The van der Waals surface area contributed by atoms with Crippen LogP contribution >= 0.6 is 31.9 Å². The van der Waals surface area contributed by atoms with Gasteiger partial charge in [0.05, 0.1) is 6.54 Å². The minimum absolute atomic E-state index is 0.103. The molecule has 5 nitrogen and oxygen atoms in total. The van der Waals surface area contributed by atoms with Gasteiger partial charge >= 0.3 is 6.03 Å². The Labute approximate surface area is 140 Å². The molecule has 0 unspecified atom stereocenters. The largest absolute Gasteiger partial charge is 0.332 e. The predicted molar refractivity (Wildman–Crippen MR) is 87.7 cm³/mol. The van der Waals surface area contributed by atoms with Crippen LogP contribution in [-0.2, 0) is 11.3 Å². The van der Waals surface area contributed by atoms with E-state index in [4.69, 9.17) is 5.41 Å². The van der Waals surface area contributed by atoms with Crippen LogP contribution in [0.15, 0.2) is 30.3 Å². The van der Waals surface area contributed by atoms with Gasteiger partial charge in [0.15, 0.2) is 0 Å². The van der Waals surface area contributed by atoms with Crippen LogP contribution in [0.5, 0.6) is 0 Å². The van der Waals surface area contributed by atoms with Crippen molar-refractivity contribution in [2.24, 2.45) is 0 Å². The number of benzene rings is 1. The zero-order valence-corrected chi connectivity index (χ0v) is 14.6. The third-order valence-corrected chi connectivity index (χ3v) is 4.60. The van der Waals surface area contributed by atoms with E-state index < -0.39 is 15.2 Å². The van der Waals surface area contributed by atoms with E-state index in [1.54, 1.807) is 0 Å². The molecule has 1 aromatic carbocycles. The smallest absolute Gasteiger partial charge is 0.286 e. The molecule has 21 heavy (non-hydrogen) atoms. The number of amidine groups is 1. The van der Waals surface area contributed by atoms with Gasteiger partial charge < -0.3 is 0 Å². The van der Waals surface area contributed by atoms with Crippen LogP contribution in [0.3, 0.4) is 0 Å². The summed E-state index contributed by atoms with van der Waals surface area (Å²) < 4.78 is -1.35. The van der Waals surface area contributed by atoms with Crippen LogP contribution in [0.4, 0.5) is 4.79 Å². The van der Waals surface area contributed by atoms with Gasteiger partial charge in [0.1, 0.15) is 5.84 Å². The Balaban J connectivity index is 2.32. The number of urea groups is 1. The predicted octanol–water partition coefficient (Wildman–Crippen LogP) is 3.32. The first-order valence-corrected chi connectivity index (χ1v) is 8.12. The highest BCUT2D eigenvalue weighted by Crippen LogP contribution is 2.36. The summed E-state index contributed by atoms with van der Waals surface area (Å²) in [6.45, 7) is 2.48. The zero-order chi connectivity index (χ0) is 15.6. The maximum absolute atomic E-state index is 12.5. The minimum Gasteiger partial charge on any atom is -0.286 e. The number of carbonyl (C=O) groups is 2. The monoisotopic (exact) mass is 415 g/mol. The molecule has 0 aliphatic carbocycles. The average molecular weight is 417 g/mol. The molecule has 0 atom stereocenters. The lowest BCUT2D eigenvalue weighted by Crippen LogP contribution is -2.63. The van der Waals surface area contributed by atoms with Crippen LogP contribution in [0.1, 0.15) is 18.9 Å². The van der Waals surface area contributed by atoms with E-state index >= 15 is 0 Å². The van der Waals surface area contributed by atoms with Crippen molar-refractivity contribution in [1.29, 1.82) is 5.41 Å². The third-order valence-electron chi connectivity index (χ3n) is 3.17. The number of imide groups is 1. The molecule has 1 aromatic rings. The Morgan fingerprint density at radius 3 is 2.33 bits per heavy atom. The van der Waals surface area contributed by atoms with Crippen LogP contribution in [0.25, 0.3) is 0 Å².